The molecule has 0 radical (unpaired) electrons. The molecule has 8 heteroatoms. The van der Waals surface area contributed by atoms with Gasteiger partial charge in [-0.3, -0.25) is 9.59 Å². The Kier molecular flexibility index (Phi) is 6.51. The SMILES string of the molecule is CNc1nc(C2CCN(C(=O)CC3CCCCO3)CC2)nc2c1CN(C(C)=O)CC2. The van der Waals surface area contributed by atoms with Crippen LogP contribution in [0, 0.1) is 0 Å². The molecule has 4 heterocycles. The number of hydrogen-bond acceptors (Lipinski definition) is 6. The summed E-state index contributed by atoms with van der Waals surface area (Å²) in [5.74, 6) is 2.27. The molecule has 2 saturated heterocycles. The minimum absolute atomic E-state index is 0.0856. The van der Waals surface area contributed by atoms with Gasteiger partial charge in [-0.15, -0.1) is 0 Å². The van der Waals surface area contributed by atoms with Gasteiger partial charge in [0.1, 0.15) is 11.6 Å². The third-order valence-electron chi connectivity index (χ3n) is 6.65. The fourth-order valence-corrected chi connectivity index (χ4v) is 4.77. The smallest absolute Gasteiger partial charge is 0.225 e. The number of nitrogens with zero attached hydrogens (tertiary/aromatic N) is 4. The number of carbonyl (C=O) groups excluding carboxylic acids is 2. The van der Waals surface area contributed by atoms with E-state index in [2.05, 4.69) is 5.32 Å². The zero-order valence-electron chi connectivity index (χ0n) is 18.2. The Morgan fingerprint density at radius 1 is 1.10 bits per heavy atom. The number of ether oxygens (including phenoxy) is 1. The van der Waals surface area contributed by atoms with Crippen LogP contribution >= 0.6 is 0 Å². The van der Waals surface area contributed by atoms with Gasteiger partial charge in [0.25, 0.3) is 0 Å². The summed E-state index contributed by atoms with van der Waals surface area (Å²) in [5.41, 5.74) is 2.08. The van der Waals surface area contributed by atoms with Gasteiger partial charge in [-0.2, -0.15) is 0 Å². The molecule has 3 aliphatic rings. The summed E-state index contributed by atoms with van der Waals surface area (Å²) >= 11 is 0. The summed E-state index contributed by atoms with van der Waals surface area (Å²) < 4.78 is 5.73. The third kappa shape index (κ3) is 4.58. The zero-order valence-corrected chi connectivity index (χ0v) is 18.2. The highest BCUT2D eigenvalue weighted by Crippen LogP contribution is 2.31. The van der Waals surface area contributed by atoms with Crippen molar-refractivity contribution >= 4 is 17.6 Å². The largest absolute Gasteiger partial charge is 0.378 e. The molecule has 1 unspecified atom stereocenters. The highest BCUT2D eigenvalue weighted by molar-refractivity contribution is 5.77. The Morgan fingerprint density at radius 2 is 1.90 bits per heavy atom. The summed E-state index contributed by atoms with van der Waals surface area (Å²) in [4.78, 5) is 37.9. The van der Waals surface area contributed by atoms with Crippen LogP contribution < -0.4 is 5.32 Å². The van der Waals surface area contributed by atoms with Crippen LogP contribution in [-0.2, 0) is 27.3 Å². The summed E-state index contributed by atoms with van der Waals surface area (Å²) in [5, 5.41) is 3.20. The molecule has 4 rings (SSSR count). The van der Waals surface area contributed by atoms with Gasteiger partial charge in [-0.25, -0.2) is 9.97 Å². The van der Waals surface area contributed by atoms with Crippen LogP contribution in [0.5, 0.6) is 0 Å². The van der Waals surface area contributed by atoms with E-state index in [4.69, 9.17) is 14.7 Å². The summed E-state index contributed by atoms with van der Waals surface area (Å²) in [6.45, 7) is 5.17. The van der Waals surface area contributed by atoms with Crippen molar-refractivity contribution in [2.24, 2.45) is 0 Å². The van der Waals surface area contributed by atoms with Gasteiger partial charge >= 0.3 is 0 Å². The first kappa shape index (κ1) is 21.0. The van der Waals surface area contributed by atoms with Gasteiger partial charge in [0.05, 0.1) is 24.8 Å². The first-order valence-corrected chi connectivity index (χ1v) is 11.3. The summed E-state index contributed by atoms with van der Waals surface area (Å²) in [6.07, 6.45) is 6.41. The normalized spacial score (nSPS) is 22.5. The van der Waals surface area contributed by atoms with Crippen molar-refractivity contribution in [3.63, 3.8) is 0 Å². The average Bonchev–Trinajstić information content (AvgIpc) is 2.78. The minimum atomic E-state index is 0.0856. The summed E-state index contributed by atoms with van der Waals surface area (Å²) in [7, 11) is 1.87. The van der Waals surface area contributed by atoms with Crippen LogP contribution in [0.15, 0.2) is 0 Å². The van der Waals surface area contributed by atoms with Crippen LogP contribution in [0.2, 0.25) is 0 Å². The predicted octanol–water partition coefficient (Wildman–Crippen LogP) is 2.09. The molecule has 2 amide bonds. The number of aromatic nitrogens is 2. The van der Waals surface area contributed by atoms with E-state index in [0.717, 1.165) is 81.1 Å². The van der Waals surface area contributed by atoms with Gasteiger partial charge in [-0.05, 0) is 32.1 Å². The van der Waals surface area contributed by atoms with Gasteiger partial charge in [0.15, 0.2) is 0 Å². The number of hydrogen-bond donors (Lipinski definition) is 1. The van der Waals surface area contributed by atoms with Crippen LogP contribution in [-0.4, -0.2) is 71.0 Å². The van der Waals surface area contributed by atoms with E-state index in [1.807, 2.05) is 16.8 Å². The Labute approximate surface area is 178 Å². The molecule has 2 fully saturated rings. The van der Waals surface area contributed by atoms with Gasteiger partial charge in [-0.1, -0.05) is 0 Å². The van der Waals surface area contributed by atoms with Crippen molar-refractivity contribution in [2.75, 3.05) is 38.6 Å². The first-order chi connectivity index (χ1) is 14.5. The van der Waals surface area contributed by atoms with Crippen LogP contribution in [0.1, 0.15) is 68.4 Å². The minimum Gasteiger partial charge on any atom is -0.378 e. The Balaban J connectivity index is 1.39. The Bertz CT molecular complexity index is 768. The second-order valence-corrected chi connectivity index (χ2v) is 8.64. The van der Waals surface area contributed by atoms with E-state index in [9.17, 15) is 9.59 Å². The molecular formula is C22H33N5O3. The van der Waals surface area contributed by atoms with Crippen LogP contribution in [0.25, 0.3) is 0 Å². The quantitative estimate of drug-likeness (QED) is 0.810. The highest BCUT2D eigenvalue weighted by atomic mass is 16.5. The lowest BCUT2D eigenvalue weighted by Gasteiger charge is -2.34. The molecule has 0 bridgehead atoms. The van der Waals surface area contributed by atoms with E-state index in [1.165, 1.54) is 0 Å². The molecule has 3 aliphatic heterocycles. The molecule has 0 aromatic carbocycles. The Hall–Kier alpha value is -2.22. The topological polar surface area (TPSA) is 87.7 Å². The first-order valence-electron chi connectivity index (χ1n) is 11.3. The number of amides is 2. The highest BCUT2D eigenvalue weighted by Gasteiger charge is 2.30. The maximum absolute atomic E-state index is 12.7. The van der Waals surface area contributed by atoms with Gasteiger partial charge in [0.2, 0.25) is 11.8 Å². The average molecular weight is 416 g/mol. The molecule has 164 valence electrons. The third-order valence-corrected chi connectivity index (χ3v) is 6.65. The van der Waals surface area contributed by atoms with Crippen LogP contribution in [0.3, 0.4) is 0 Å². The standard InChI is InChI=1S/C22H33N5O3/c1-15(28)27-11-8-19-18(14-27)22(23-2)25-21(24-19)16-6-9-26(10-7-16)20(29)13-17-5-3-4-12-30-17/h16-17H,3-14H2,1-2H3,(H,23,24,25). The molecule has 0 spiro atoms. The van der Waals surface area contributed by atoms with E-state index in [0.29, 0.717) is 19.5 Å². The monoisotopic (exact) mass is 415 g/mol. The maximum atomic E-state index is 12.7. The predicted molar refractivity (Wildman–Crippen MR) is 113 cm³/mol. The van der Waals surface area contributed by atoms with Crippen LogP contribution in [0.4, 0.5) is 5.82 Å². The molecule has 1 aromatic heterocycles. The van der Waals surface area contributed by atoms with Gasteiger partial charge < -0.3 is 19.9 Å². The van der Waals surface area contributed by atoms with Gasteiger partial charge in [0, 0.05) is 58.1 Å². The van der Waals surface area contributed by atoms with Crippen molar-refractivity contribution < 1.29 is 14.3 Å². The summed E-state index contributed by atoms with van der Waals surface area (Å²) in [6, 6.07) is 0. The number of rotatable bonds is 4. The van der Waals surface area contributed by atoms with E-state index in [-0.39, 0.29) is 23.8 Å². The molecule has 1 N–H and O–H groups in total. The molecule has 30 heavy (non-hydrogen) atoms. The lowest BCUT2D eigenvalue weighted by molar-refractivity contribution is -0.136. The van der Waals surface area contributed by atoms with E-state index < -0.39 is 0 Å². The molecule has 0 saturated carbocycles. The molecular weight excluding hydrogens is 382 g/mol. The lowest BCUT2D eigenvalue weighted by atomic mass is 9.94. The second-order valence-electron chi connectivity index (χ2n) is 8.64. The number of fused-ring (bicyclic) bond motifs is 1. The lowest BCUT2D eigenvalue weighted by Crippen LogP contribution is -2.40. The Morgan fingerprint density at radius 3 is 2.57 bits per heavy atom. The molecule has 8 nitrogen and oxygen atoms in total. The number of anilines is 1. The number of likely N-dealkylation sites (tertiary alicyclic amines) is 1. The number of piperidine rings is 1. The zero-order chi connectivity index (χ0) is 21.1. The number of nitrogens with one attached hydrogen (secondary N) is 1. The molecule has 0 aliphatic carbocycles. The van der Waals surface area contributed by atoms with Crippen molar-refractivity contribution in [3.8, 4) is 0 Å². The van der Waals surface area contributed by atoms with Crippen molar-refractivity contribution in [1.29, 1.82) is 0 Å². The van der Waals surface area contributed by atoms with E-state index >= 15 is 0 Å². The fraction of sp³-hybridized carbons (Fsp3) is 0.727. The number of carbonyl (C=O) groups is 2. The second kappa shape index (κ2) is 9.29. The molecule has 1 atom stereocenters. The van der Waals surface area contributed by atoms with Crippen molar-refractivity contribution in [1.82, 2.24) is 19.8 Å². The van der Waals surface area contributed by atoms with E-state index in [1.54, 1.807) is 6.92 Å². The van der Waals surface area contributed by atoms with Crippen molar-refractivity contribution in [3.05, 3.63) is 17.1 Å². The maximum Gasteiger partial charge on any atom is 0.225 e. The van der Waals surface area contributed by atoms with Crippen molar-refractivity contribution in [2.45, 2.75) is 70.4 Å². The molecule has 1 aromatic rings. The fourth-order valence-electron chi connectivity index (χ4n) is 4.77.